The van der Waals surface area contributed by atoms with Gasteiger partial charge in [0, 0.05) is 19.6 Å². The van der Waals surface area contributed by atoms with E-state index in [2.05, 4.69) is 4.90 Å². The molecule has 0 aromatic heterocycles. The van der Waals surface area contributed by atoms with E-state index in [9.17, 15) is 14.0 Å². The van der Waals surface area contributed by atoms with Gasteiger partial charge in [0.25, 0.3) is 0 Å². The minimum absolute atomic E-state index is 0.0422. The Hall–Kier alpha value is -1.95. The number of nitrogens with zero attached hydrogens (tertiary/aromatic N) is 2. The van der Waals surface area contributed by atoms with Crippen LogP contribution in [0.25, 0.3) is 0 Å². The summed E-state index contributed by atoms with van der Waals surface area (Å²) in [6.45, 7) is 2.29. The van der Waals surface area contributed by atoms with E-state index in [0.717, 1.165) is 31.4 Å². The summed E-state index contributed by atoms with van der Waals surface area (Å²) in [5.41, 5.74) is 0.987. The number of carbonyl (C=O) groups excluding carboxylic acids is 1. The lowest BCUT2D eigenvalue weighted by molar-refractivity contribution is -0.142. The van der Waals surface area contributed by atoms with Crippen molar-refractivity contribution in [2.75, 3.05) is 19.6 Å². The highest BCUT2D eigenvalue weighted by molar-refractivity contribution is 5.83. The zero-order valence-electron chi connectivity index (χ0n) is 13.7. The van der Waals surface area contributed by atoms with Crippen molar-refractivity contribution in [3.05, 3.63) is 35.6 Å². The van der Waals surface area contributed by atoms with E-state index in [1.165, 1.54) is 12.1 Å². The van der Waals surface area contributed by atoms with Crippen molar-refractivity contribution in [1.29, 1.82) is 0 Å². The second kappa shape index (κ2) is 7.30. The first-order valence-electron chi connectivity index (χ1n) is 8.54. The van der Waals surface area contributed by atoms with Gasteiger partial charge in [-0.25, -0.2) is 4.39 Å². The molecule has 1 amide bonds. The van der Waals surface area contributed by atoms with Gasteiger partial charge in [-0.1, -0.05) is 18.6 Å². The van der Waals surface area contributed by atoms with Gasteiger partial charge in [0.15, 0.2) is 0 Å². The Kier molecular flexibility index (Phi) is 5.14. The summed E-state index contributed by atoms with van der Waals surface area (Å²) in [7, 11) is 0. The molecule has 2 fully saturated rings. The van der Waals surface area contributed by atoms with Gasteiger partial charge < -0.3 is 10.0 Å². The first-order valence-corrected chi connectivity index (χ1v) is 8.54. The molecule has 2 aliphatic rings. The molecule has 130 valence electrons. The molecular weight excluding hydrogens is 311 g/mol. The van der Waals surface area contributed by atoms with Crippen molar-refractivity contribution in [2.45, 2.75) is 38.3 Å². The third-order valence-corrected chi connectivity index (χ3v) is 5.05. The van der Waals surface area contributed by atoms with E-state index >= 15 is 0 Å². The van der Waals surface area contributed by atoms with Gasteiger partial charge in [0.1, 0.15) is 5.82 Å². The van der Waals surface area contributed by atoms with Gasteiger partial charge >= 0.3 is 5.97 Å². The lowest BCUT2D eigenvalue weighted by Crippen LogP contribution is -2.50. The van der Waals surface area contributed by atoms with Crippen molar-refractivity contribution in [2.24, 2.45) is 5.92 Å². The normalized spacial score (nSPS) is 25.0. The molecule has 6 heteroatoms. The van der Waals surface area contributed by atoms with E-state index in [4.69, 9.17) is 5.11 Å². The van der Waals surface area contributed by atoms with E-state index in [1.54, 1.807) is 17.0 Å². The molecule has 1 aromatic carbocycles. The first kappa shape index (κ1) is 16.9. The number of carboxylic acids is 1. The maximum absolute atomic E-state index is 13.1. The first-order chi connectivity index (χ1) is 11.5. The molecule has 2 heterocycles. The minimum Gasteiger partial charge on any atom is -0.481 e. The number of hydrogen-bond acceptors (Lipinski definition) is 3. The molecule has 0 aliphatic carbocycles. The molecule has 1 N–H and O–H groups in total. The second-order valence-electron chi connectivity index (χ2n) is 6.72. The van der Waals surface area contributed by atoms with E-state index in [1.807, 2.05) is 0 Å². The monoisotopic (exact) mass is 334 g/mol. The van der Waals surface area contributed by atoms with Crippen LogP contribution < -0.4 is 0 Å². The predicted octanol–water partition coefficient (Wildman–Crippen LogP) is 2.11. The number of rotatable bonds is 4. The summed E-state index contributed by atoms with van der Waals surface area (Å²) >= 11 is 0. The summed E-state index contributed by atoms with van der Waals surface area (Å²) in [6, 6.07) is 6.18. The number of hydrogen-bond donors (Lipinski definition) is 1. The van der Waals surface area contributed by atoms with Crippen molar-refractivity contribution in [3.8, 4) is 0 Å². The van der Waals surface area contributed by atoms with Gasteiger partial charge in [-0.3, -0.25) is 14.5 Å². The Morgan fingerprint density at radius 3 is 2.54 bits per heavy atom. The molecule has 2 aliphatic heterocycles. The highest BCUT2D eigenvalue weighted by atomic mass is 19.1. The minimum atomic E-state index is -0.822. The number of likely N-dealkylation sites (tertiary alicyclic amines) is 2. The Balaban J connectivity index is 1.66. The number of carbonyl (C=O) groups is 2. The molecule has 2 atom stereocenters. The van der Waals surface area contributed by atoms with E-state index in [-0.39, 0.29) is 17.8 Å². The lowest BCUT2D eigenvalue weighted by atomic mass is 10.00. The van der Waals surface area contributed by atoms with E-state index < -0.39 is 11.9 Å². The molecule has 5 nitrogen and oxygen atoms in total. The highest BCUT2D eigenvalue weighted by Crippen LogP contribution is 2.24. The molecule has 3 rings (SSSR count). The Labute approximate surface area is 141 Å². The third kappa shape index (κ3) is 3.75. The van der Waals surface area contributed by atoms with Crippen LogP contribution in [-0.4, -0.2) is 52.5 Å². The third-order valence-electron chi connectivity index (χ3n) is 5.05. The zero-order valence-corrected chi connectivity index (χ0v) is 13.7. The van der Waals surface area contributed by atoms with E-state index in [0.29, 0.717) is 26.1 Å². The summed E-state index contributed by atoms with van der Waals surface area (Å²) in [4.78, 5) is 27.8. The number of benzene rings is 1. The molecule has 0 spiro atoms. The fourth-order valence-electron chi connectivity index (χ4n) is 3.66. The molecular formula is C18H23FN2O3. The van der Waals surface area contributed by atoms with Crippen molar-refractivity contribution in [3.63, 3.8) is 0 Å². The number of aliphatic carboxylic acids is 1. The Morgan fingerprint density at radius 1 is 1.12 bits per heavy atom. The fraction of sp³-hybridized carbons (Fsp3) is 0.556. The van der Waals surface area contributed by atoms with Crippen LogP contribution in [-0.2, 0) is 16.1 Å². The number of piperidine rings is 1. The number of amides is 1. The topological polar surface area (TPSA) is 60.9 Å². The Morgan fingerprint density at radius 2 is 1.88 bits per heavy atom. The van der Waals surface area contributed by atoms with Crippen LogP contribution in [0.1, 0.15) is 31.2 Å². The van der Waals surface area contributed by atoms with Crippen LogP contribution in [0.2, 0.25) is 0 Å². The van der Waals surface area contributed by atoms with Gasteiger partial charge in [-0.15, -0.1) is 0 Å². The molecule has 0 saturated carbocycles. The zero-order chi connectivity index (χ0) is 17.1. The number of halogens is 1. The Bertz CT molecular complexity index is 605. The fourth-order valence-corrected chi connectivity index (χ4v) is 3.66. The molecule has 24 heavy (non-hydrogen) atoms. The maximum atomic E-state index is 13.1. The molecule has 0 bridgehead atoms. The lowest BCUT2D eigenvalue weighted by Gasteiger charge is -2.36. The van der Waals surface area contributed by atoms with Crippen molar-refractivity contribution >= 4 is 11.9 Å². The average Bonchev–Trinajstić information content (AvgIpc) is 3.07. The standard InChI is InChI=1S/C18H23FN2O3/c19-15-6-4-13(5-7-15)11-20-9-2-1-3-16(20)17(22)21-10-8-14(12-21)18(23)24/h4-7,14,16H,1-3,8-12H2,(H,23,24)/t14-,16+/m1/s1. The van der Waals surface area contributed by atoms with Gasteiger partial charge in [0.2, 0.25) is 5.91 Å². The molecule has 1 aromatic rings. The summed E-state index contributed by atoms with van der Waals surface area (Å²) in [5, 5.41) is 9.11. The van der Waals surface area contributed by atoms with Crippen LogP contribution in [0.5, 0.6) is 0 Å². The summed E-state index contributed by atoms with van der Waals surface area (Å²) < 4.78 is 13.1. The van der Waals surface area contributed by atoms with Crippen molar-refractivity contribution < 1.29 is 19.1 Å². The quantitative estimate of drug-likeness (QED) is 0.916. The molecule has 2 saturated heterocycles. The van der Waals surface area contributed by atoms with Crippen molar-refractivity contribution in [1.82, 2.24) is 9.80 Å². The van der Waals surface area contributed by atoms with Crippen LogP contribution in [0, 0.1) is 11.7 Å². The maximum Gasteiger partial charge on any atom is 0.308 e. The predicted molar refractivity (Wildman–Crippen MR) is 86.8 cm³/mol. The van der Waals surface area contributed by atoms with Crippen LogP contribution in [0.4, 0.5) is 4.39 Å². The van der Waals surface area contributed by atoms with Crippen LogP contribution in [0.15, 0.2) is 24.3 Å². The van der Waals surface area contributed by atoms with Crippen LogP contribution in [0.3, 0.4) is 0 Å². The summed E-state index contributed by atoms with van der Waals surface area (Å²) in [5.74, 6) is -1.48. The second-order valence-corrected chi connectivity index (χ2v) is 6.72. The summed E-state index contributed by atoms with van der Waals surface area (Å²) in [6.07, 6.45) is 3.38. The van der Waals surface area contributed by atoms with Gasteiger partial charge in [0.05, 0.1) is 12.0 Å². The average molecular weight is 334 g/mol. The largest absolute Gasteiger partial charge is 0.481 e. The smallest absolute Gasteiger partial charge is 0.308 e. The molecule has 0 radical (unpaired) electrons. The molecule has 0 unspecified atom stereocenters. The van der Waals surface area contributed by atoms with Crippen LogP contribution >= 0.6 is 0 Å². The van der Waals surface area contributed by atoms with Gasteiger partial charge in [-0.2, -0.15) is 0 Å². The van der Waals surface area contributed by atoms with Gasteiger partial charge in [-0.05, 0) is 43.5 Å². The highest BCUT2D eigenvalue weighted by Gasteiger charge is 2.37. The number of carboxylic acid groups (broad SMARTS) is 1. The SMILES string of the molecule is O=C(O)[C@@H]1CCN(C(=O)[C@@H]2CCCCN2Cc2ccc(F)cc2)C1.